The van der Waals surface area contributed by atoms with Crippen LogP contribution in [0, 0.1) is 0 Å². The number of esters is 1. The van der Waals surface area contributed by atoms with Crippen LogP contribution >= 0.6 is 0 Å². The van der Waals surface area contributed by atoms with Crippen molar-refractivity contribution in [2.75, 3.05) is 19.4 Å². The van der Waals surface area contributed by atoms with E-state index in [-0.39, 0.29) is 18.5 Å². The molecule has 0 aromatic heterocycles. The van der Waals surface area contributed by atoms with Crippen molar-refractivity contribution < 1.29 is 39.1 Å². The summed E-state index contributed by atoms with van der Waals surface area (Å²) in [5, 5.41) is 31.3. The average Bonchev–Trinajstić information content (AvgIpc) is 2.92. The van der Waals surface area contributed by atoms with Crippen molar-refractivity contribution in [3.05, 3.63) is 11.5 Å². The Labute approximate surface area is 179 Å². The van der Waals surface area contributed by atoms with Gasteiger partial charge in [-0.2, -0.15) is 0 Å². The second kappa shape index (κ2) is 11.6. The number of nitrogens with one attached hydrogen (secondary N) is 1. The molecule has 1 aliphatic rings. The molecule has 0 spiro atoms. The third kappa shape index (κ3) is 9.35. The lowest BCUT2D eigenvalue weighted by Gasteiger charge is -2.25. The van der Waals surface area contributed by atoms with Gasteiger partial charge in [-0.3, -0.25) is 0 Å². The van der Waals surface area contributed by atoms with Crippen LogP contribution in [0.4, 0.5) is 4.79 Å². The van der Waals surface area contributed by atoms with Gasteiger partial charge in [0, 0.05) is 6.17 Å². The normalized spacial score (nSPS) is 18.2. The number of alkyl carbamates (subject to hydrolysis) is 1. The summed E-state index contributed by atoms with van der Waals surface area (Å²) in [5.74, 6) is -1.74. The molecule has 30 heavy (non-hydrogen) atoms. The van der Waals surface area contributed by atoms with Crippen LogP contribution in [0.2, 0.25) is 19.1 Å². The first-order valence-electron chi connectivity index (χ1n) is 10.4. The van der Waals surface area contributed by atoms with Gasteiger partial charge in [0.25, 0.3) is 0 Å². The number of aliphatic hydroxyl groups is 3. The van der Waals surface area contributed by atoms with Gasteiger partial charge in [-0.05, 0) is 27.2 Å². The second-order valence-electron chi connectivity index (χ2n) is 9.32. The number of hydrogen-bond donors (Lipinski definition) is 4. The molecule has 0 fully saturated rings. The van der Waals surface area contributed by atoms with E-state index >= 15 is 0 Å². The molecular weight excluding hydrogens is 410 g/mol. The van der Waals surface area contributed by atoms with E-state index < -0.39 is 44.2 Å². The molecule has 1 heterocycles. The van der Waals surface area contributed by atoms with Crippen LogP contribution in [0.25, 0.3) is 0 Å². The summed E-state index contributed by atoms with van der Waals surface area (Å²) in [4.78, 5) is 23.2. The summed E-state index contributed by atoms with van der Waals surface area (Å²) in [7, 11) is -1.56. The highest BCUT2D eigenvalue weighted by Crippen LogP contribution is 2.25. The van der Waals surface area contributed by atoms with E-state index in [1.165, 1.54) is 0 Å². The summed E-state index contributed by atoms with van der Waals surface area (Å²) < 4.78 is 15.5. The first kappa shape index (κ1) is 26.3. The summed E-state index contributed by atoms with van der Waals surface area (Å²) in [6.45, 7) is 9.63. The van der Waals surface area contributed by atoms with Crippen molar-refractivity contribution in [3.63, 3.8) is 0 Å². The molecule has 0 aromatic rings. The van der Waals surface area contributed by atoms with Crippen LogP contribution in [0.3, 0.4) is 0 Å². The van der Waals surface area contributed by atoms with Crippen LogP contribution in [0.1, 0.15) is 46.5 Å². The fourth-order valence-electron chi connectivity index (χ4n) is 2.91. The Morgan fingerprint density at radius 1 is 1.23 bits per heavy atom. The van der Waals surface area contributed by atoms with Crippen molar-refractivity contribution in [2.45, 2.75) is 83.4 Å². The minimum atomic E-state index is -1.56. The molecule has 0 bridgehead atoms. The number of hydrogen-bond acceptors (Lipinski definition) is 8. The Bertz CT molecular complexity index is 614. The maximum absolute atomic E-state index is 11.8. The fourth-order valence-corrected chi connectivity index (χ4v) is 4.92. The van der Waals surface area contributed by atoms with E-state index in [1.54, 1.807) is 0 Å². The first-order chi connectivity index (χ1) is 13.9. The van der Waals surface area contributed by atoms with Gasteiger partial charge in [-0.15, -0.1) is 0 Å². The Morgan fingerprint density at radius 2 is 1.87 bits per heavy atom. The Kier molecular flexibility index (Phi) is 10.1. The minimum absolute atomic E-state index is 0.122. The lowest BCUT2D eigenvalue weighted by atomic mass is 10.2. The summed E-state index contributed by atoms with van der Waals surface area (Å²) >= 11 is 0. The second-order valence-corrected chi connectivity index (χ2v) is 14.5. The highest BCUT2D eigenvalue weighted by Gasteiger charge is 2.40. The number of amides is 1. The third-order valence-corrected chi connectivity index (χ3v) is 7.41. The SMILES string of the molecule is CC(C)(C)OC(=O)NC[Si](C)(C)CCCCCCOC1=C(O)C(=O)O[C@@H]1[C@@H](O)CO. The van der Waals surface area contributed by atoms with Crippen molar-refractivity contribution in [1.82, 2.24) is 5.32 Å². The number of rotatable bonds is 12. The maximum atomic E-state index is 11.8. The number of unbranched alkanes of at least 4 members (excludes halogenated alkanes) is 3. The van der Waals surface area contributed by atoms with E-state index in [0.29, 0.717) is 12.6 Å². The smallest absolute Gasteiger partial charge is 0.407 e. The van der Waals surface area contributed by atoms with Gasteiger partial charge in [0.05, 0.1) is 21.3 Å². The molecule has 0 aromatic carbocycles. The van der Waals surface area contributed by atoms with Gasteiger partial charge in [-0.25, -0.2) is 9.59 Å². The molecule has 174 valence electrons. The number of carbonyl (C=O) groups is 2. The van der Waals surface area contributed by atoms with E-state index in [4.69, 9.17) is 19.3 Å². The summed E-state index contributed by atoms with van der Waals surface area (Å²) in [6, 6.07) is 1.07. The first-order valence-corrected chi connectivity index (χ1v) is 13.8. The molecule has 0 radical (unpaired) electrons. The zero-order valence-corrected chi connectivity index (χ0v) is 19.7. The molecule has 1 rings (SSSR count). The van der Waals surface area contributed by atoms with Gasteiger partial charge < -0.3 is 34.8 Å². The minimum Gasteiger partial charge on any atom is -0.499 e. The molecule has 0 saturated heterocycles. The van der Waals surface area contributed by atoms with Crippen LogP contribution in [-0.4, -0.2) is 72.6 Å². The molecule has 0 saturated carbocycles. The van der Waals surface area contributed by atoms with Gasteiger partial charge in [0.1, 0.15) is 11.7 Å². The number of ether oxygens (including phenoxy) is 3. The third-order valence-electron chi connectivity index (χ3n) is 4.57. The molecule has 4 N–H and O–H groups in total. The highest BCUT2D eigenvalue weighted by molar-refractivity contribution is 6.77. The topological polar surface area (TPSA) is 135 Å². The monoisotopic (exact) mass is 447 g/mol. The molecule has 2 atom stereocenters. The molecule has 0 aliphatic carbocycles. The van der Waals surface area contributed by atoms with E-state index in [2.05, 4.69) is 18.4 Å². The maximum Gasteiger partial charge on any atom is 0.407 e. The van der Waals surface area contributed by atoms with Crippen LogP contribution in [0.15, 0.2) is 11.5 Å². The molecule has 1 aliphatic heterocycles. The van der Waals surface area contributed by atoms with Crippen molar-refractivity contribution in [1.29, 1.82) is 0 Å². The van der Waals surface area contributed by atoms with E-state index in [9.17, 15) is 19.8 Å². The number of aliphatic hydroxyl groups excluding tert-OH is 3. The van der Waals surface area contributed by atoms with Crippen molar-refractivity contribution >= 4 is 20.1 Å². The standard InChI is InChI=1S/C20H37NO8Si/c1-20(2,3)29-19(26)21-13-30(4,5)11-9-7-6-8-10-27-17-15(24)18(25)28-16(17)14(23)12-22/h14,16,22-24H,6-13H2,1-5H3,(H,21,26)/t14-,16+/m0/s1. The Hall–Kier alpha value is -1.78. The summed E-state index contributed by atoms with van der Waals surface area (Å²) in [6.07, 6.45) is 1.43. The van der Waals surface area contributed by atoms with Crippen LogP contribution in [0.5, 0.6) is 0 Å². The van der Waals surface area contributed by atoms with E-state index in [1.807, 2.05) is 20.8 Å². The highest BCUT2D eigenvalue weighted by atomic mass is 28.3. The molecule has 9 nitrogen and oxygen atoms in total. The van der Waals surface area contributed by atoms with Gasteiger partial charge in [-0.1, -0.05) is 38.4 Å². The molecular formula is C20H37NO8Si. The van der Waals surface area contributed by atoms with Crippen molar-refractivity contribution in [3.8, 4) is 0 Å². The Balaban J connectivity index is 2.23. The Morgan fingerprint density at radius 3 is 2.47 bits per heavy atom. The molecule has 10 heteroatoms. The predicted molar refractivity (Wildman–Crippen MR) is 114 cm³/mol. The van der Waals surface area contributed by atoms with Crippen LogP contribution < -0.4 is 5.32 Å². The van der Waals surface area contributed by atoms with Crippen molar-refractivity contribution in [2.24, 2.45) is 0 Å². The zero-order chi connectivity index (χ0) is 22.9. The number of carbonyl (C=O) groups excluding carboxylic acids is 2. The lowest BCUT2D eigenvalue weighted by Crippen LogP contribution is -2.44. The van der Waals surface area contributed by atoms with Gasteiger partial charge in [0.15, 0.2) is 11.9 Å². The van der Waals surface area contributed by atoms with E-state index in [0.717, 1.165) is 25.3 Å². The largest absolute Gasteiger partial charge is 0.499 e. The number of cyclic esters (lactones) is 1. The fraction of sp³-hybridized carbons (Fsp3) is 0.800. The molecule has 0 unspecified atom stereocenters. The average molecular weight is 448 g/mol. The predicted octanol–water partition coefficient (Wildman–Crippen LogP) is 2.38. The van der Waals surface area contributed by atoms with Crippen LogP contribution in [-0.2, 0) is 19.0 Å². The van der Waals surface area contributed by atoms with Gasteiger partial charge in [0.2, 0.25) is 5.76 Å². The van der Waals surface area contributed by atoms with Gasteiger partial charge >= 0.3 is 12.1 Å². The summed E-state index contributed by atoms with van der Waals surface area (Å²) in [5.41, 5.74) is -0.501. The quantitative estimate of drug-likeness (QED) is 0.203. The molecule has 1 amide bonds. The lowest BCUT2D eigenvalue weighted by molar-refractivity contribution is -0.148. The zero-order valence-electron chi connectivity index (χ0n) is 18.7.